The molecule has 30 heavy (non-hydrogen) atoms. The van der Waals surface area contributed by atoms with Gasteiger partial charge in [0.1, 0.15) is 11.6 Å². The van der Waals surface area contributed by atoms with Gasteiger partial charge in [-0.25, -0.2) is 8.78 Å². The number of carbonyl (C=O) groups is 1. The number of hydrogen-bond acceptors (Lipinski definition) is 2. The standard InChI is InChI=1S/C24H31ClF2N2O/c1-15-7-9-17(11-19(15)26)13-23(3,4)28-21(25)22(30)29-24(5,6)14-18-10-8-16(2)20(27)12-18/h7-12,21,28H,13-14H2,1-6H3,(H,29,30). The van der Waals surface area contributed by atoms with Crippen LogP contribution in [0.1, 0.15) is 49.9 Å². The summed E-state index contributed by atoms with van der Waals surface area (Å²) in [5.74, 6) is -0.879. The lowest BCUT2D eigenvalue weighted by Crippen LogP contribution is -2.55. The average molecular weight is 437 g/mol. The molecule has 6 heteroatoms. The van der Waals surface area contributed by atoms with Crippen molar-refractivity contribution in [3.05, 3.63) is 70.3 Å². The quantitative estimate of drug-likeness (QED) is 0.441. The number of alkyl halides is 1. The Hall–Kier alpha value is -1.98. The van der Waals surface area contributed by atoms with E-state index in [2.05, 4.69) is 10.6 Å². The van der Waals surface area contributed by atoms with E-state index in [9.17, 15) is 13.6 Å². The van der Waals surface area contributed by atoms with E-state index in [-0.39, 0.29) is 17.5 Å². The van der Waals surface area contributed by atoms with Gasteiger partial charge in [0.25, 0.3) is 5.91 Å². The molecule has 0 aromatic heterocycles. The van der Waals surface area contributed by atoms with E-state index < -0.39 is 16.6 Å². The Morgan fingerprint density at radius 1 is 0.900 bits per heavy atom. The highest BCUT2D eigenvalue weighted by Crippen LogP contribution is 2.19. The molecule has 3 nitrogen and oxygen atoms in total. The first-order valence-corrected chi connectivity index (χ1v) is 10.5. The van der Waals surface area contributed by atoms with Gasteiger partial charge in [-0.15, -0.1) is 0 Å². The fourth-order valence-corrected chi connectivity index (χ4v) is 3.76. The second-order valence-electron chi connectivity index (χ2n) is 9.28. The molecule has 0 aliphatic rings. The molecule has 2 N–H and O–H groups in total. The first kappa shape index (κ1) is 24.3. The van der Waals surface area contributed by atoms with E-state index in [0.29, 0.717) is 24.0 Å². The normalized spacial score (nSPS) is 13.2. The van der Waals surface area contributed by atoms with Crippen LogP contribution in [0.5, 0.6) is 0 Å². The molecule has 0 heterocycles. The van der Waals surface area contributed by atoms with Crippen LogP contribution < -0.4 is 10.6 Å². The van der Waals surface area contributed by atoms with Gasteiger partial charge in [0, 0.05) is 11.1 Å². The highest BCUT2D eigenvalue weighted by atomic mass is 35.5. The van der Waals surface area contributed by atoms with Crippen LogP contribution in [0.2, 0.25) is 0 Å². The third-order valence-corrected chi connectivity index (χ3v) is 5.28. The van der Waals surface area contributed by atoms with E-state index in [1.54, 1.807) is 26.0 Å². The Morgan fingerprint density at radius 3 is 1.77 bits per heavy atom. The lowest BCUT2D eigenvalue weighted by atomic mass is 9.93. The van der Waals surface area contributed by atoms with Crippen molar-refractivity contribution in [1.29, 1.82) is 0 Å². The summed E-state index contributed by atoms with van der Waals surface area (Å²) in [6.45, 7) is 11.0. The first-order chi connectivity index (χ1) is 13.8. The summed E-state index contributed by atoms with van der Waals surface area (Å²) >= 11 is 6.34. The minimum absolute atomic E-state index is 0.252. The van der Waals surface area contributed by atoms with Gasteiger partial charge in [0.05, 0.1) is 0 Å². The Balaban J connectivity index is 1.97. The zero-order chi connectivity index (χ0) is 22.7. The van der Waals surface area contributed by atoms with Gasteiger partial charge in [-0.1, -0.05) is 35.9 Å². The fraction of sp³-hybridized carbons (Fsp3) is 0.458. The average Bonchev–Trinajstić information content (AvgIpc) is 2.60. The number of carbonyl (C=O) groups excluding carboxylic acids is 1. The molecule has 0 bridgehead atoms. The monoisotopic (exact) mass is 436 g/mol. The highest BCUT2D eigenvalue weighted by molar-refractivity contribution is 6.30. The van der Waals surface area contributed by atoms with Crippen LogP contribution in [0.15, 0.2) is 36.4 Å². The van der Waals surface area contributed by atoms with Gasteiger partial charge in [-0.05, 0) is 88.8 Å². The zero-order valence-electron chi connectivity index (χ0n) is 18.5. The summed E-state index contributed by atoms with van der Waals surface area (Å²) in [7, 11) is 0. The molecule has 0 fully saturated rings. The van der Waals surface area contributed by atoms with E-state index >= 15 is 0 Å². The predicted octanol–water partition coefficient (Wildman–Crippen LogP) is 5.19. The van der Waals surface area contributed by atoms with Crippen LogP contribution in [-0.4, -0.2) is 22.5 Å². The molecule has 164 valence electrons. The third-order valence-electron chi connectivity index (χ3n) is 4.97. The van der Waals surface area contributed by atoms with Gasteiger partial charge in [-0.3, -0.25) is 10.1 Å². The maximum atomic E-state index is 13.8. The van der Waals surface area contributed by atoms with Gasteiger partial charge >= 0.3 is 0 Å². The van der Waals surface area contributed by atoms with E-state index in [1.165, 1.54) is 12.1 Å². The van der Waals surface area contributed by atoms with Crippen molar-refractivity contribution in [2.45, 2.75) is 71.0 Å². The molecule has 2 aromatic rings. The van der Waals surface area contributed by atoms with E-state index in [4.69, 9.17) is 11.6 Å². The van der Waals surface area contributed by atoms with Crippen molar-refractivity contribution in [2.75, 3.05) is 0 Å². The van der Waals surface area contributed by atoms with Crippen LogP contribution in [0.25, 0.3) is 0 Å². The number of aryl methyl sites for hydroxylation is 2. The second kappa shape index (κ2) is 9.44. The lowest BCUT2D eigenvalue weighted by molar-refractivity contribution is -0.123. The van der Waals surface area contributed by atoms with Gasteiger partial charge < -0.3 is 5.32 Å². The summed E-state index contributed by atoms with van der Waals surface area (Å²) < 4.78 is 27.6. The minimum atomic E-state index is -0.968. The Morgan fingerprint density at radius 2 is 1.33 bits per heavy atom. The van der Waals surface area contributed by atoms with Gasteiger partial charge in [0.15, 0.2) is 5.50 Å². The van der Waals surface area contributed by atoms with E-state index in [1.807, 2.05) is 39.8 Å². The smallest absolute Gasteiger partial charge is 0.253 e. The summed E-state index contributed by atoms with van der Waals surface area (Å²) in [4.78, 5) is 12.7. The molecule has 1 amide bonds. The number of rotatable bonds is 8. The van der Waals surface area contributed by atoms with Crippen molar-refractivity contribution in [1.82, 2.24) is 10.6 Å². The second-order valence-corrected chi connectivity index (χ2v) is 9.72. The van der Waals surface area contributed by atoms with Crippen molar-refractivity contribution in [3.63, 3.8) is 0 Å². The number of amides is 1. The van der Waals surface area contributed by atoms with Gasteiger partial charge in [-0.2, -0.15) is 0 Å². The predicted molar refractivity (Wildman–Crippen MR) is 119 cm³/mol. The molecule has 2 aromatic carbocycles. The molecule has 0 saturated carbocycles. The fourth-order valence-electron chi connectivity index (χ4n) is 3.41. The third kappa shape index (κ3) is 7.06. The van der Waals surface area contributed by atoms with Crippen LogP contribution in [0, 0.1) is 25.5 Å². The maximum Gasteiger partial charge on any atom is 0.253 e. The highest BCUT2D eigenvalue weighted by Gasteiger charge is 2.29. The summed E-state index contributed by atoms with van der Waals surface area (Å²) in [6.07, 6.45) is 0.971. The minimum Gasteiger partial charge on any atom is -0.348 e. The van der Waals surface area contributed by atoms with Crippen LogP contribution in [0.3, 0.4) is 0 Å². The molecule has 0 aliphatic heterocycles. The Kier molecular flexibility index (Phi) is 7.64. The maximum absolute atomic E-state index is 13.8. The SMILES string of the molecule is Cc1ccc(CC(C)(C)NC(=O)C(Cl)NC(C)(C)Cc2ccc(C)c(F)c2)cc1F. The van der Waals surface area contributed by atoms with Crippen LogP contribution in [0.4, 0.5) is 8.78 Å². The Labute approximate surface area is 183 Å². The molecular formula is C24H31ClF2N2O. The lowest BCUT2D eigenvalue weighted by Gasteiger charge is -2.32. The van der Waals surface area contributed by atoms with Crippen molar-refractivity contribution in [3.8, 4) is 0 Å². The number of nitrogens with one attached hydrogen (secondary N) is 2. The first-order valence-electron chi connectivity index (χ1n) is 10.0. The molecule has 0 radical (unpaired) electrons. The van der Waals surface area contributed by atoms with Crippen molar-refractivity contribution < 1.29 is 13.6 Å². The summed E-state index contributed by atoms with van der Waals surface area (Å²) in [5, 5.41) is 6.04. The van der Waals surface area contributed by atoms with Crippen molar-refractivity contribution in [2.24, 2.45) is 0 Å². The molecule has 1 unspecified atom stereocenters. The van der Waals surface area contributed by atoms with Crippen LogP contribution >= 0.6 is 11.6 Å². The van der Waals surface area contributed by atoms with Crippen molar-refractivity contribution >= 4 is 17.5 Å². The molecular weight excluding hydrogens is 406 g/mol. The summed E-state index contributed by atoms with van der Waals surface area (Å²) in [6, 6.07) is 10.2. The zero-order valence-corrected chi connectivity index (χ0v) is 19.3. The molecule has 2 rings (SSSR count). The molecule has 0 spiro atoms. The molecule has 0 aliphatic carbocycles. The largest absolute Gasteiger partial charge is 0.348 e. The van der Waals surface area contributed by atoms with E-state index in [0.717, 1.165) is 11.1 Å². The molecule has 0 saturated heterocycles. The number of benzene rings is 2. The molecule has 1 atom stereocenters. The number of hydrogen-bond donors (Lipinski definition) is 2. The van der Waals surface area contributed by atoms with Crippen LogP contribution in [-0.2, 0) is 17.6 Å². The topological polar surface area (TPSA) is 41.1 Å². The Bertz CT molecular complexity index is 912. The number of halogens is 3. The summed E-state index contributed by atoms with van der Waals surface area (Å²) in [5.41, 5.74) is 0.680. The van der Waals surface area contributed by atoms with Gasteiger partial charge in [0.2, 0.25) is 0 Å².